The Morgan fingerprint density at radius 3 is 2.62 bits per heavy atom. The summed E-state index contributed by atoms with van der Waals surface area (Å²) >= 11 is 0. The Morgan fingerprint density at radius 2 is 2.23 bits per heavy atom. The van der Waals surface area contributed by atoms with Crippen LogP contribution in [-0.2, 0) is 16.6 Å². The number of H-pyrrole nitrogens is 1. The van der Waals surface area contributed by atoms with Gasteiger partial charge in [-0.1, -0.05) is 6.92 Å². The van der Waals surface area contributed by atoms with Crippen LogP contribution in [0.5, 0.6) is 0 Å². The molecule has 0 atom stereocenters. The second kappa shape index (κ2) is 2.84. The van der Waals surface area contributed by atoms with Crippen LogP contribution in [0.25, 0.3) is 0 Å². The van der Waals surface area contributed by atoms with Crippen molar-refractivity contribution < 1.29 is 4.74 Å². The number of ether oxygens (including phenoxy) is 1. The molecule has 0 unspecified atom stereocenters. The maximum Gasteiger partial charge on any atom is 0.117 e. The van der Waals surface area contributed by atoms with Gasteiger partial charge in [-0.3, -0.25) is 0 Å². The van der Waals surface area contributed by atoms with Crippen molar-refractivity contribution in [2.75, 3.05) is 13.2 Å². The SMILES string of the molecule is CCc1nc(C2(C)COC2)[nH]c1C. The van der Waals surface area contributed by atoms with Crippen LogP contribution in [0.3, 0.4) is 0 Å². The van der Waals surface area contributed by atoms with Gasteiger partial charge in [-0.05, 0) is 20.3 Å². The Kier molecular flexibility index (Phi) is 1.91. The zero-order valence-corrected chi connectivity index (χ0v) is 8.48. The van der Waals surface area contributed by atoms with E-state index < -0.39 is 0 Å². The highest BCUT2D eigenvalue weighted by Gasteiger charge is 2.38. The summed E-state index contributed by atoms with van der Waals surface area (Å²) in [6.07, 6.45) is 0.999. The number of aromatic nitrogens is 2. The third kappa shape index (κ3) is 1.27. The van der Waals surface area contributed by atoms with Crippen molar-refractivity contribution in [3.8, 4) is 0 Å². The molecular weight excluding hydrogens is 164 g/mol. The first kappa shape index (κ1) is 8.75. The molecule has 13 heavy (non-hydrogen) atoms. The average molecular weight is 180 g/mol. The highest BCUT2D eigenvalue weighted by atomic mass is 16.5. The van der Waals surface area contributed by atoms with E-state index in [9.17, 15) is 0 Å². The third-order valence-corrected chi connectivity index (χ3v) is 2.73. The first-order valence-corrected chi connectivity index (χ1v) is 4.79. The second-order valence-electron chi connectivity index (χ2n) is 4.06. The molecule has 2 rings (SSSR count). The van der Waals surface area contributed by atoms with Gasteiger partial charge in [0.15, 0.2) is 0 Å². The van der Waals surface area contributed by atoms with Crippen molar-refractivity contribution in [3.05, 3.63) is 17.2 Å². The summed E-state index contributed by atoms with van der Waals surface area (Å²) < 4.78 is 5.22. The quantitative estimate of drug-likeness (QED) is 0.750. The Hall–Kier alpha value is -0.830. The molecule has 1 aromatic heterocycles. The molecule has 0 spiro atoms. The summed E-state index contributed by atoms with van der Waals surface area (Å²) in [5, 5.41) is 0. The van der Waals surface area contributed by atoms with Crippen molar-refractivity contribution in [1.29, 1.82) is 0 Å². The first-order valence-electron chi connectivity index (χ1n) is 4.79. The standard InChI is InChI=1S/C10H16N2O/c1-4-8-7(2)11-9(12-8)10(3)5-13-6-10/h4-6H2,1-3H3,(H,11,12). The maximum atomic E-state index is 5.22. The normalized spacial score (nSPS) is 19.9. The fraction of sp³-hybridized carbons (Fsp3) is 0.700. The van der Waals surface area contributed by atoms with Gasteiger partial charge in [-0.2, -0.15) is 0 Å². The summed E-state index contributed by atoms with van der Waals surface area (Å²) in [4.78, 5) is 7.93. The summed E-state index contributed by atoms with van der Waals surface area (Å²) in [6.45, 7) is 7.99. The number of hydrogen-bond donors (Lipinski definition) is 1. The van der Waals surface area contributed by atoms with E-state index in [2.05, 4.69) is 30.7 Å². The number of hydrogen-bond acceptors (Lipinski definition) is 2. The molecule has 0 bridgehead atoms. The van der Waals surface area contributed by atoms with E-state index in [4.69, 9.17) is 4.74 Å². The predicted molar refractivity (Wildman–Crippen MR) is 50.9 cm³/mol. The molecule has 0 aliphatic carbocycles. The van der Waals surface area contributed by atoms with Crippen molar-refractivity contribution in [2.45, 2.75) is 32.6 Å². The molecule has 0 radical (unpaired) electrons. The zero-order chi connectivity index (χ0) is 9.47. The third-order valence-electron chi connectivity index (χ3n) is 2.73. The molecular formula is C10H16N2O. The van der Waals surface area contributed by atoms with E-state index in [-0.39, 0.29) is 5.41 Å². The van der Waals surface area contributed by atoms with E-state index in [1.165, 1.54) is 11.4 Å². The minimum atomic E-state index is 0.137. The van der Waals surface area contributed by atoms with Gasteiger partial charge in [0.25, 0.3) is 0 Å². The Balaban J connectivity index is 2.30. The monoisotopic (exact) mass is 180 g/mol. The van der Waals surface area contributed by atoms with Gasteiger partial charge in [-0.25, -0.2) is 4.98 Å². The molecule has 72 valence electrons. The van der Waals surface area contributed by atoms with E-state index in [1.807, 2.05) is 0 Å². The van der Waals surface area contributed by atoms with E-state index in [0.717, 1.165) is 25.5 Å². The predicted octanol–water partition coefficient (Wildman–Crippen LogP) is 1.57. The van der Waals surface area contributed by atoms with Crippen molar-refractivity contribution >= 4 is 0 Å². The average Bonchev–Trinajstić information content (AvgIpc) is 2.43. The highest BCUT2D eigenvalue weighted by molar-refractivity contribution is 5.20. The molecule has 1 N–H and O–H groups in total. The lowest BCUT2D eigenvalue weighted by Gasteiger charge is -2.36. The molecule has 3 heteroatoms. The number of aryl methyl sites for hydroxylation is 2. The van der Waals surface area contributed by atoms with E-state index in [1.54, 1.807) is 0 Å². The molecule has 0 saturated carbocycles. The summed E-state index contributed by atoms with van der Waals surface area (Å²) in [6, 6.07) is 0. The lowest BCUT2D eigenvalue weighted by Crippen LogP contribution is -2.44. The van der Waals surface area contributed by atoms with Gasteiger partial charge in [0.1, 0.15) is 5.82 Å². The summed E-state index contributed by atoms with van der Waals surface area (Å²) in [5.74, 6) is 1.09. The van der Waals surface area contributed by atoms with Crippen LogP contribution >= 0.6 is 0 Å². The molecule has 0 aromatic carbocycles. The molecule has 0 amide bonds. The maximum absolute atomic E-state index is 5.22. The number of aromatic amines is 1. The Bertz CT molecular complexity index is 313. The fourth-order valence-electron chi connectivity index (χ4n) is 1.67. The fourth-order valence-corrected chi connectivity index (χ4v) is 1.67. The van der Waals surface area contributed by atoms with Gasteiger partial charge in [0.2, 0.25) is 0 Å². The van der Waals surface area contributed by atoms with Crippen LogP contribution in [0, 0.1) is 6.92 Å². The van der Waals surface area contributed by atoms with Gasteiger partial charge >= 0.3 is 0 Å². The van der Waals surface area contributed by atoms with E-state index >= 15 is 0 Å². The van der Waals surface area contributed by atoms with E-state index in [0.29, 0.717) is 0 Å². The van der Waals surface area contributed by atoms with Gasteiger partial charge in [0.05, 0.1) is 24.3 Å². The van der Waals surface area contributed by atoms with Crippen molar-refractivity contribution in [3.63, 3.8) is 0 Å². The van der Waals surface area contributed by atoms with Crippen LogP contribution in [0.1, 0.15) is 31.1 Å². The van der Waals surface area contributed by atoms with Crippen LogP contribution in [0.2, 0.25) is 0 Å². The number of nitrogens with zero attached hydrogens (tertiary/aromatic N) is 1. The van der Waals surface area contributed by atoms with Crippen LogP contribution in [0.4, 0.5) is 0 Å². The Labute approximate surface area is 78.5 Å². The molecule has 1 aliphatic rings. The van der Waals surface area contributed by atoms with Gasteiger partial charge in [0, 0.05) is 5.69 Å². The lowest BCUT2D eigenvalue weighted by atomic mass is 9.88. The molecule has 1 aliphatic heterocycles. The minimum Gasteiger partial charge on any atom is -0.379 e. The van der Waals surface area contributed by atoms with Crippen LogP contribution in [0.15, 0.2) is 0 Å². The zero-order valence-electron chi connectivity index (χ0n) is 8.48. The molecule has 1 saturated heterocycles. The largest absolute Gasteiger partial charge is 0.379 e. The van der Waals surface area contributed by atoms with Crippen molar-refractivity contribution in [1.82, 2.24) is 9.97 Å². The van der Waals surface area contributed by atoms with Crippen LogP contribution in [-0.4, -0.2) is 23.2 Å². The van der Waals surface area contributed by atoms with Gasteiger partial charge in [-0.15, -0.1) is 0 Å². The summed E-state index contributed by atoms with van der Waals surface area (Å²) in [5.41, 5.74) is 2.52. The Morgan fingerprint density at radius 1 is 1.54 bits per heavy atom. The smallest absolute Gasteiger partial charge is 0.117 e. The molecule has 1 aromatic rings. The molecule has 1 fully saturated rings. The second-order valence-corrected chi connectivity index (χ2v) is 4.06. The summed E-state index contributed by atoms with van der Waals surface area (Å²) in [7, 11) is 0. The number of imidazole rings is 1. The first-order chi connectivity index (χ1) is 6.15. The number of nitrogens with one attached hydrogen (secondary N) is 1. The van der Waals surface area contributed by atoms with Gasteiger partial charge < -0.3 is 9.72 Å². The number of rotatable bonds is 2. The van der Waals surface area contributed by atoms with Crippen LogP contribution < -0.4 is 0 Å². The highest BCUT2D eigenvalue weighted by Crippen LogP contribution is 2.30. The topological polar surface area (TPSA) is 37.9 Å². The molecule has 2 heterocycles. The molecule has 3 nitrogen and oxygen atoms in total. The van der Waals surface area contributed by atoms with Crippen molar-refractivity contribution in [2.24, 2.45) is 0 Å². The lowest BCUT2D eigenvalue weighted by molar-refractivity contribution is -0.0540. The minimum absolute atomic E-state index is 0.137.